The van der Waals surface area contributed by atoms with E-state index >= 15 is 0 Å². The second kappa shape index (κ2) is 4.65. The lowest BCUT2D eigenvalue weighted by Gasteiger charge is -2.09. The minimum absolute atomic E-state index is 0.137. The number of imidazole rings is 1. The monoisotopic (exact) mass is 223 g/mol. The fourth-order valence-electron chi connectivity index (χ4n) is 2.09. The highest BCUT2D eigenvalue weighted by atomic mass is 16.3. The molecule has 1 fully saturated rings. The SMILES string of the molecule is Cn1cnc(C(=O)NCC2CCC(O)C2)c1. The zero-order chi connectivity index (χ0) is 11.5. The molecule has 1 amide bonds. The Balaban J connectivity index is 1.80. The lowest BCUT2D eigenvalue weighted by Crippen LogP contribution is -2.28. The molecule has 0 aliphatic heterocycles. The van der Waals surface area contributed by atoms with Crippen LogP contribution < -0.4 is 5.32 Å². The van der Waals surface area contributed by atoms with Crippen LogP contribution in [0.3, 0.4) is 0 Å². The number of aryl methyl sites for hydroxylation is 1. The van der Waals surface area contributed by atoms with Crippen molar-refractivity contribution < 1.29 is 9.90 Å². The Morgan fingerprint density at radius 2 is 2.50 bits per heavy atom. The van der Waals surface area contributed by atoms with Gasteiger partial charge in [-0.3, -0.25) is 4.79 Å². The van der Waals surface area contributed by atoms with Gasteiger partial charge in [0.15, 0.2) is 0 Å². The molecule has 2 rings (SSSR count). The first-order valence-electron chi connectivity index (χ1n) is 5.59. The number of aromatic nitrogens is 2. The highest BCUT2D eigenvalue weighted by Crippen LogP contribution is 2.24. The maximum absolute atomic E-state index is 11.6. The molecule has 0 saturated heterocycles. The van der Waals surface area contributed by atoms with E-state index in [1.165, 1.54) is 0 Å². The van der Waals surface area contributed by atoms with Gasteiger partial charge in [-0.15, -0.1) is 0 Å². The average Bonchev–Trinajstić information content (AvgIpc) is 2.84. The molecule has 1 heterocycles. The van der Waals surface area contributed by atoms with E-state index in [1.807, 2.05) is 7.05 Å². The Hall–Kier alpha value is -1.36. The van der Waals surface area contributed by atoms with Crippen LogP contribution in [-0.2, 0) is 7.05 Å². The number of hydrogen-bond donors (Lipinski definition) is 2. The van der Waals surface area contributed by atoms with Crippen LogP contribution in [0.5, 0.6) is 0 Å². The van der Waals surface area contributed by atoms with Crippen LogP contribution in [0.4, 0.5) is 0 Å². The lowest BCUT2D eigenvalue weighted by molar-refractivity contribution is 0.0940. The van der Waals surface area contributed by atoms with E-state index in [2.05, 4.69) is 10.3 Å². The maximum atomic E-state index is 11.6. The molecule has 2 N–H and O–H groups in total. The molecule has 0 radical (unpaired) electrons. The van der Waals surface area contributed by atoms with Crippen LogP contribution in [-0.4, -0.2) is 33.2 Å². The summed E-state index contributed by atoms with van der Waals surface area (Å²) in [6, 6.07) is 0. The predicted octanol–water partition coefficient (Wildman–Crippen LogP) is 0.311. The molecule has 0 aromatic carbocycles. The van der Waals surface area contributed by atoms with E-state index in [1.54, 1.807) is 17.1 Å². The van der Waals surface area contributed by atoms with Gasteiger partial charge in [0, 0.05) is 19.8 Å². The topological polar surface area (TPSA) is 67.2 Å². The van der Waals surface area contributed by atoms with Gasteiger partial charge in [-0.05, 0) is 25.2 Å². The molecule has 5 heteroatoms. The number of rotatable bonds is 3. The van der Waals surface area contributed by atoms with Crippen LogP contribution in [0.1, 0.15) is 29.8 Å². The van der Waals surface area contributed by atoms with Crippen molar-refractivity contribution in [2.24, 2.45) is 13.0 Å². The third-order valence-electron chi connectivity index (χ3n) is 3.00. The maximum Gasteiger partial charge on any atom is 0.271 e. The highest BCUT2D eigenvalue weighted by molar-refractivity contribution is 5.91. The van der Waals surface area contributed by atoms with E-state index in [9.17, 15) is 9.90 Å². The van der Waals surface area contributed by atoms with Crippen LogP contribution in [0.15, 0.2) is 12.5 Å². The summed E-state index contributed by atoms with van der Waals surface area (Å²) in [5.41, 5.74) is 0.445. The largest absolute Gasteiger partial charge is 0.393 e. The second-order valence-corrected chi connectivity index (χ2v) is 4.47. The summed E-state index contributed by atoms with van der Waals surface area (Å²) in [5.74, 6) is 0.268. The normalized spacial score (nSPS) is 24.6. The summed E-state index contributed by atoms with van der Waals surface area (Å²) in [4.78, 5) is 15.6. The van der Waals surface area contributed by atoms with Crippen molar-refractivity contribution in [2.75, 3.05) is 6.54 Å². The predicted molar refractivity (Wildman–Crippen MR) is 58.9 cm³/mol. The summed E-state index contributed by atoms with van der Waals surface area (Å²) in [6.45, 7) is 0.631. The van der Waals surface area contributed by atoms with Crippen LogP contribution in [0.2, 0.25) is 0 Å². The Bertz CT molecular complexity index is 375. The standard InChI is InChI=1S/C11H17N3O2/c1-14-6-10(13-7-14)11(16)12-5-8-2-3-9(15)4-8/h6-9,15H,2-5H2,1H3,(H,12,16). The van der Waals surface area contributed by atoms with Gasteiger partial charge in [0.25, 0.3) is 5.91 Å². The summed E-state index contributed by atoms with van der Waals surface area (Å²) < 4.78 is 1.74. The first kappa shape index (κ1) is 11.1. The molecule has 1 aromatic rings. The number of hydrogen-bond acceptors (Lipinski definition) is 3. The molecular weight excluding hydrogens is 206 g/mol. The van der Waals surface area contributed by atoms with Crippen molar-refractivity contribution in [2.45, 2.75) is 25.4 Å². The average molecular weight is 223 g/mol. The summed E-state index contributed by atoms with van der Waals surface area (Å²) >= 11 is 0. The molecule has 0 bridgehead atoms. The second-order valence-electron chi connectivity index (χ2n) is 4.47. The summed E-state index contributed by atoms with van der Waals surface area (Å²) in [5, 5.41) is 12.2. The molecular formula is C11H17N3O2. The zero-order valence-corrected chi connectivity index (χ0v) is 9.39. The van der Waals surface area contributed by atoms with Gasteiger partial charge in [-0.2, -0.15) is 0 Å². The van der Waals surface area contributed by atoms with Gasteiger partial charge in [0.2, 0.25) is 0 Å². The highest BCUT2D eigenvalue weighted by Gasteiger charge is 2.23. The Labute approximate surface area is 94.5 Å². The number of amides is 1. The van der Waals surface area contributed by atoms with Crippen molar-refractivity contribution in [1.82, 2.24) is 14.9 Å². The van der Waals surface area contributed by atoms with Gasteiger partial charge in [-0.1, -0.05) is 0 Å². The van der Waals surface area contributed by atoms with Gasteiger partial charge < -0.3 is 15.0 Å². The van der Waals surface area contributed by atoms with Crippen molar-refractivity contribution >= 4 is 5.91 Å². The van der Waals surface area contributed by atoms with E-state index in [0.717, 1.165) is 19.3 Å². The van der Waals surface area contributed by atoms with Crippen molar-refractivity contribution in [1.29, 1.82) is 0 Å². The Morgan fingerprint density at radius 3 is 3.06 bits per heavy atom. The Morgan fingerprint density at radius 1 is 1.69 bits per heavy atom. The van der Waals surface area contributed by atoms with Crippen molar-refractivity contribution in [3.05, 3.63) is 18.2 Å². The third-order valence-corrected chi connectivity index (χ3v) is 3.00. The molecule has 1 aliphatic carbocycles. The lowest BCUT2D eigenvalue weighted by atomic mass is 10.1. The van der Waals surface area contributed by atoms with E-state index in [0.29, 0.717) is 18.2 Å². The molecule has 2 unspecified atom stereocenters. The van der Waals surface area contributed by atoms with Crippen molar-refractivity contribution in [3.63, 3.8) is 0 Å². The van der Waals surface area contributed by atoms with Crippen molar-refractivity contribution in [3.8, 4) is 0 Å². The van der Waals surface area contributed by atoms with Crippen LogP contribution in [0.25, 0.3) is 0 Å². The van der Waals surface area contributed by atoms with E-state index < -0.39 is 0 Å². The number of nitrogens with zero attached hydrogens (tertiary/aromatic N) is 2. The summed E-state index contributed by atoms with van der Waals surface area (Å²) in [7, 11) is 1.83. The summed E-state index contributed by atoms with van der Waals surface area (Å²) in [6.07, 6.45) is 5.75. The minimum atomic E-state index is -0.184. The molecule has 1 aromatic heterocycles. The first-order valence-corrected chi connectivity index (χ1v) is 5.59. The molecule has 16 heavy (non-hydrogen) atoms. The van der Waals surface area contributed by atoms with Gasteiger partial charge in [-0.25, -0.2) is 4.98 Å². The van der Waals surface area contributed by atoms with E-state index in [4.69, 9.17) is 0 Å². The third kappa shape index (κ3) is 2.61. The number of carbonyl (C=O) groups excluding carboxylic acids is 1. The van der Waals surface area contributed by atoms with Gasteiger partial charge in [0.1, 0.15) is 5.69 Å². The van der Waals surface area contributed by atoms with Crippen LogP contribution >= 0.6 is 0 Å². The fourth-order valence-corrected chi connectivity index (χ4v) is 2.09. The quantitative estimate of drug-likeness (QED) is 0.775. The number of carbonyl (C=O) groups is 1. The van der Waals surface area contributed by atoms with Gasteiger partial charge >= 0.3 is 0 Å². The Kier molecular flexibility index (Phi) is 3.24. The van der Waals surface area contributed by atoms with Crippen LogP contribution in [0, 0.1) is 5.92 Å². The smallest absolute Gasteiger partial charge is 0.271 e. The number of nitrogens with one attached hydrogen (secondary N) is 1. The zero-order valence-electron chi connectivity index (χ0n) is 9.39. The molecule has 5 nitrogen and oxygen atoms in total. The van der Waals surface area contributed by atoms with Gasteiger partial charge in [0.05, 0.1) is 12.4 Å². The molecule has 1 saturated carbocycles. The fraction of sp³-hybridized carbons (Fsp3) is 0.636. The van der Waals surface area contributed by atoms with E-state index in [-0.39, 0.29) is 12.0 Å². The molecule has 2 atom stereocenters. The molecule has 88 valence electrons. The number of aliphatic hydroxyl groups is 1. The number of aliphatic hydroxyl groups excluding tert-OH is 1. The minimum Gasteiger partial charge on any atom is -0.393 e. The molecule has 0 spiro atoms. The molecule has 1 aliphatic rings. The first-order chi connectivity index (χ1) is 7.65.